The minimum Gasteiger partial charge on any atom is -0.486 e. The molecule has 0 unspecified atom stereocenters. The molecule has 0 saturated heterocycles. The molecule has 0 bridgehead atoms. The molecule has 0 saturated carbocycles. The van der Waals surface area contributed by atoms with E-state index in [9.17, 15) is 0 Å². The van der Waals surface area contributed by atoms with Crippen molar-refractivity contribution in [2.75, 3.05) is 13.2 Å². The Morgan fingerprint density at radius 2 is 1.89 bits per heavy atom. The third-order valence-electron chi connectivity index (χ3n) is 1.89. The number of hydrogen-bond donors (Lipinski definition) is 3. The van der Waals surface area contributed by atoms with E-state index in [0.29, 0.717) is 19.0 Å². The molecule has 1 aliphatic heterocycles. The molecule has 9 nitrogen and oxygen atoms in total. The molecule has 9 heteroatoms. The van der Waals surface area contributed by atoms with Crippen LogP contribution in [0.15, 0.2) is 18.2 Å². The molecule has 1 aromatic carbocycles. The molecule has 0 radical (unpaired) electrons. The van der Waals surface area contributed by atoms with Crippen LogP contribution < -0.4 is 20.5 Å². The maximum atomic E-state index is 8.25. The maximum absolute atomic E-state index is 8.25. The number of benzene rings is 1. The van der Waals surface area contributed by atoms with E-state index in [0.717, 1.165) is 11.4 Å². The summed E-state index contributed by atoms with van der Waals surface area (Å²) in [6.45, 7) is 1.15. The van der Waals surface area contributed by atoms with Crippen LogP contribution in [0.25, 0.3) is 0 Å². The maximum Gasteiger partial charge on any atom is 0.293 e. The molecule has 18 heavy (non-hydrogen) atoms. The molecule has 1 heterocycles. The quantitative estimate of drug-likeness (QED) is 0.199. The molecule has 2 rings (SSSR count). The van der Waals surface area contributed by atoms with E-state index < -0.39 is 5.09 Å². The van der Waals surface area contributed by atoms with E-state index in [2.05, 4.69) is 0 Å². The summed E-state index contributed by atoms with van der Waals surface area (Å²) in [6, 6.07) is 5.48. The third kappa shape index (κ3) is 4.53. The number of fused-ring (bicyclic) bond motifs is 1. The van der Waals surface area contributed by atoms with Gasteiger partial charge < -0.3 is 30.5 Å². The molecular formula is C9H12N4O5. The van der Waals surface area contributed by atoms with Crippen molar-refractivity contribution >= 4 is 11.6 Å². The summed E-state index contributed by atoms with van der Waals surface area (Å²) in [5.74, 6) is 1.49. The molecule has 0 aromatic heterocycles. The van der Waals surface area contributed by atoms with Crippen LogP contribution in [0.3, 0.4) is 0 Å². The summed E-state index contributed by atoms with van der Waals surface area (Å²) in [7, 11) is 0. The van der Waals surface area contributed by atoms with Crippen LogP contribution in [-0.4, -0.2) is 24.3 Å². The van der Waals surface area contributed by atoms with Gasteiger partial charge in [0.2, 0.25) is 0 Å². The Labute approximate surface area is 102 Å². The lowest BCUT2D eigenvalue weighted by Gasteiger charge is -2.17. The average molecular weight is 256 g/mol. The summed E-state index contributed by atoms with van der Waals surface area (Å²) >= 11 is 0. The molecule has 0 aliphatic carbocycles. The number of nitrogens with zero attached hydrogens (tertiary/aromatic N) is 1. The van der Waals surface area contributed by atoms with Crippen LogP contribution in [0, 0.1) is 20.7 Å². The highest BCUT2D eigenvalue weighted by Gasteiger charge is 2.13. The van der Waals surface area contributed by atoms with Crippen LogP contribution in [-0.2, 0) is 0 Å². The second kappa shape index (κ2) is 6.25. The summed E-state index contributed by atoms with van der Waals surface area (Å²) in [5.41, 5.74) is 6.11. The van der Waals surface area contributed by atoms with E-state index in [4.69, 9.17) is 35.9 Å². The first-order valence-corrected chi connectivity index (χ1v) is 4.89. The van der Waals surface area contributed by atoms with Crippen LogP contribution in [0.2, 0.25) is 0 Å². The summed E-state index contributed by atoms with van der Waals surface area (Å²) < 4.78 is 10.7. The van der Waals surface area contributed by atoms with Gasteiger partial charge >= 0.3 is 0 Å². The molecule has 0 amide bonds. The van der Waals surface area contributed by atoms with Crippen LogP contribution in [0.5, 0.6) is 11.5 Å². The van der Waals surface area contributed by atoms with Gasteiger partial charge in [-0.2, -0.15) is 0 Å². The highest BCUT2D eigenvalue weighted by atomic mass is 16.9. The topological polar surface area (TPSA) is 151 Å². The number of ether oxygens (including phenoxy) is 2. The van der Waals surface area contributed by atoms with Gasteiger partial charge in [-0.25, -0.2) is 5.41 Å². The Hall–Kier alpha value is -2.55. The number of rotatable bonds is 1. The standard InChI is InChI=1S/C9H11N3O2.NO3/c10-9(11)12-6-1-2-7-8(5-6)14-4-3-13-7;2-1(3)4/h1-2,5H,3-4H2,(H4,10,11,12);/q;-1/p+1. The molecule has 5 N–H and O–H groups in total. The monoisotopic (exact) mass is 256 g/mol. The molecular weight excluding hydrogens is 244 g/mol. The highest BCUT2D eigenvalue weighted by Crippen LogP contribution is 2.30. The Balaban J connectivity index is 0.000000357. The van der Waals surface area contributed by atoms with Crippen molar-refractivity contribution in [3.8, 4) is 11.5 Å². The minimum atomic E-state index is -1.75. The zero-order chi connectivity index (χ0) is 13.5. The minimum absolute atomic E-state index is 0.0293. The van der Waals surface area contributed by atoms with Crippen molar-refractivity contribution in [2.45, 2.75) is 0 Å². The van der Waals surface area contributed by atoms with Gasteiger partial charge in [-0.05, 0) is 6.07 Å². The van der Waals surface area contributed by atoms with Gasteiger partial charge in [-0.3, -0.25) is 5.32 Å². The largest absolute Gasteiger partial charge is 0.486 e. The summed E-state index contributed by atoms with van der Waals surface area (Å²) in [5, 5.41) is 23.4. The van der Waals surface area contributed by atoms with E-state index >= 15 is 0 Å². The first-order chi connectivity index (χ1) is 8.49. The number of guanidine groups is 1. The average Bonchev–Trinajstić information content (AvgIpc) is 2.27. The molecule has 0 atom stereocenters. The van der Waals surface area contributed by atoms with Crippen molar-refractivity contribution in [3.05, 3.63) is 33.5 Å². The fourth-order valence-corrected chi connectivity index (χ4v) is 1.33. The van der Waals surface area contributed by atoms with Crippen molar-refractivity contribution in [1.82, 2.24) is 0 Å². The van der Waals surface area contributed by atoms with Gasteiger partial charge in [-0.1, -0.05) is 0 Å². The van der Waals surface area contributed by atoms with Crippen molar-refractivity contribution in [1.29, 1.82) is 5.41 Å². The predicted molar refractivity (Wildman–Crippen MR) is 61.3 cm³/mol. The Morgan fingerprint density at radius 3 is 2.44 bits per heavy atom. The normalized spacial score (nSPS) is 12.0. The van der Waals surface area contributed by atoms with E-state index in [1.807, 2.05) is 18.2 Å². The highest BCUT2D eigenvalue weighted by molar-refractivity contribution is 5.66. The summed E-state index contributed by atoms with van der Waals surface area (Å²) in [4.78, 5) is 8.25. The van der Waals surface area contributed by atoms with E-state index in [-0.39, 0.29) is 5.96 Å². The number of hydrogen-bond acceptors (Lipinski definition) is 6. The Bertz CT molecular complexity index is 447. The Morgan fingerprint density at radius 1 is 1.33 bits per heavy atom. The smallest absolute Gasteiger partial charge is 0.293 e. The molecule has 0 spiro atoms. The lowest BCUT2D eigenvalue weighted by Crippen LogP contribution is -2.84. The molecule has 1 aliphatic rings. The molecule has 98 valence electrons. The van der Waals surface area contributed by atoms with Crippen molar-refractivity contribution in [3.63, 3.8) is 0 Å². The van der Waals surface area contributed by atoms with Crippen LogP contribution >= 0.6 is 0 Å². The second-order valence-corrected chi connectivity index (χ2v) is 3.23. The van der Waals surface area contributed by atoms with Gasteiger partial charge in [0.25, 0.3) is 5.96 Å². The molecule has 1 aromatic rings. The predicted octanol–water partition coefficient (Wildman–Crippen LogP) is -0.693. The zero-order valence-electron chi connectivity index (χ0n) is 9.29. The fraction of sp³-hybridized carbons (Fsp3) is 0.222. The lowest BCUT2D eigenvalue weighted by atomic mass is 10.2. The molecule has 0 fully saturated rings. The first-order valence-electron chi connectivity index (χ1n) is 4.89. The van der Waals surface area contributed by atoms with Gasteiger partial charge in [0, 0.05) is 12.1 Å². The van der Waals surface area contributed by atoms with E-state index in [1.54, 1.807) is 5.32 Å². The number of nitrogens with one attached hydrogen (secondary N) is 1. The van der Waals surface area contributed by atoms with Crippen LogP contribution in [0.4, 0.5) is 5.69 Å². The number of quaternary nitrogens is 1. The van der Waals surface area contributed by atoms with Gasteiger partial charge in [0.05, 0.1) is 5.09 Å². The fourth-order valence-electron chi connectivity index (χ4n) is 1.33. The van der Waals surface area contributed by atoms with Gasteiger partial charge in [-0.15, -0.1) is 0 Å². The zero-order valence-corrected chi connectivity index (χ0v) is 9.29. The number of nitrogens with two attached hydrogens (primary N) is 2. The summed E-state index contributed by atoms with van der Waals surface area (Å²) in [6.07, 6.45) is 0. The Kier molecular flexibility index (Phi) is 4.69. The third-order valence-corrected chi connectivity index (χ3v) is 1.89. The van der Waals surface area contributed by atoms with Gasteiger partial charge in [0.1, 0.15) is 18.9 Å². The van der Waals surface area contributed by atoms with Crippen molar-refractivity contribution in [2.24, 2.45) is 5.73 Å². The van der Waals surface area contributed by atoms with Crippen LogP contribution in [0.1, 0.15) is 0 Å². The SMILES string of the molecule is N=C(N)[NH2+]c1ccc2c(c1)OCCO2.O=[N+]([O-])[O-]. The second-order valence-electron chi connectivity index (χ2n) is 3.23. The lowest BCUT2D eigenvalue weighted by molar-refractivity contribution is -0.447. The van der Waals surface area contributed by atoms with Gasteiger partial charge in [0.15, 0.2) is 11.5 Å². The van der Waals surface area contributed by atoms with E-state index in [1.165, 1.54) is 0 Å². The van der Waals surface area contributed by atoms with Crippen molar-refractivity contribution < 1.29 is 19.9 Å². The first kappa shape index (κ1) is 13.5.